The summed E-state index contributed by atoms with van der Waals surface area (Å²) in [5, 5.41) is -0.205. The van der Waals surface area contributed by atoms with Crippen LogP contribution in [0.3, 0.4) is 0 Å². The lowest BCUT2D eigenvalue weighted by atomic mass is 10.1. The molecule has 0 aliphatic rings. The second-order valence-corrected chi connectivity index (χ2v) is 5.80. The Hall–Kier alpha value is -0.320. The first-order valence-corrected chi connectivity index (χ1v) is 7.64. The van der Waals surface area contributed by atoms with E-state index in [9.17, 15) is 13.6 Å². The number of unbranched alkanes of at least 4 members (excludes halogenated alkanes) is 1. The lowest BCUT2D eigenvalue weighted by Gasteiger charge is -2.14. The van der Waals surface area contributed by atoms with Gasteiger partial charge in [-0.15, -0.1) is 11.8 Å². The molecular weight excluding hydrogens is 258 g/mol. The number of rotatable bonds is 10. The molecule has 0 saturated carbocycles. The lowest BCUT2D eigenvalue weighted by molar-refractivity contribution is -0.142. The number of ether oxygens (including phenoxy) is 1. The predicted molar refractivity (Wildman–Crippen MR) is 72.3 cm³/mol. The van der Waals surface area contributed by atoms with Crippen molar-refractivity contribution in [2.75, 3.05) is 12.4 Å². The molecule has 1 atom stereocenters. The van der Waals surface area contributed by atoms with Gasteiger partial charge < -0.3 is 4.74 Å². The number of halogens is 2. The van der Waals surface area contributed by atoms with Gasteiger partial charge >= 0.3 is 5.97 Å². The molecule has 0 spiro atoms. The van der Waals surface area contributed by atoms with Gasteiger partial charge in [0.1, 0.15) is 0 Å². The van der Waals surface area contributed by atoms with Crippen molar-refractivity contribution in [1.29, 1.82) is 0 Å². The Morgan fingerprint density at radius 3 is 2.56 bits per heavy atom. The maximum Gasteiger partial charge on any atom is 0.318 e. The predicted octanol–water partition coefficient (Wildman–Crippen LogP) is 4.28. The van der Waals surface area contributed by atoms with Crippen LogP contribution < -0.4 is 0 Å². The second-order valence-electron chi connectivity index (χ2n) is 4.35. The van der Waals surface area contributed by atoms with Crippen molar-refractivity contribution in [3.8, 4) is 0 Å². The summed E-state index contributed by atoms with van der Waals surface area (Å²) in [5.41, 5.74) is 0. The average Bonchev–Trinajstić information content (AvgIpc) is 2.35. The van der Waals surface area contributed by atoms with E-state index in [1.54, 1.807) is 6.92 Å². The summed E-state index contributed by atoms with van der Waals surface area (Å²) in [4.78, 5) is 11.4. The molecule has 0 bridgehead atoms. The van der Waals surface area contributed by atoms with E-state index in [1.165, 1.54) is 18.7 Å². The minimum atomic E-state index is -2.53. The van der Waals surface area contributed by atoms with Crippen molar-refractivity contribution in [2.24, 2.45) is 0 Å². The van der Waals surface area contributed by atoms with Crippen LogP contribution in [0.25, 0.3) is 0 Å². The van der Waals surface area contributed by atoms with Gasteiger partial charge in [0.15, 0.2) is 0 Å². The first-order chi connectivity index (χ1) is 8.43. The third-order valence-electron chi connectivity index (χ3n) is 2.60. The zero-order valence-corrected chi connectivity index (χ0v) is 12.3. The molecule has 108 valence electrons. The highest BCUT2D eigenvalue weighted by Gasteiger charge is 2.24. The van der Waals surface area contributed by atoms with Crippen LogP contribution in [0.2, 0.25) is 0 Å². The number of thioether (sulfide) groups is 1. The molecule has 5 heteroatoms. The number of hydrogen-bond donors (Lipinski definition) is 0. The highest BCUT2D eigenvalue weighted by Crippen LogP contribution is 2.25. The highest BCUT2D eigenvalue weighted by atomic mass is 32.2. The Labute approximate surface area is 113 Å². The summed E-state index contributed by atoms with van der Waals surface area (Å²) in [6.45, 7) is 5.69. The van der Waals surface area contributed by atoms with Crippen LogP contribution in [0.5, 0.6) is 0 Å². The molecule has 2 nitrogen and oxygen atoms in total. The van der Waals surface area contributed by atoms with E-state index in [0.717, 1.165) is 12.2 Å². The topological polar surface area (TPSA) is 26.3 Å². The first kappa shape index (κ1) is 17.7. The van der Waals surface area contributed by atoms with Crippen molar-refractivity contribution >= 4 is 17.7 Å². The molecule has 0 aliphatic carbocycles. The second kappa shape index (κ2) is 9.59. The van der Waals surface area contributed by atoms with Crippen LogP contribution >= 0.6 is 11.8 Å². The number of alkyl halides is 2. The van der Waals surface area contributed by atoms with Gasteiger partial charge in [-0.25, -0.2) is 8.78 Å². The van der Waals surface area contributed by atoms with Crippen LogP contribution in [-0.2, 0) is 9.53 Å². The van der Waals surface area contributed by atoms with Crippen LogP contribution in [0, 0.1) is 0 Å². The molecule has 0 aliphatic heterocycles. The fourth-order valence-electron chi connectivity index (χ4n) is 1.31. The van der Waals surface area contributed by atoms with Crippen LogP contribution in [0.1, 0.15) is 52.9 Å². The van der Waals surface area contributed by atoms with Crippen LogP contribution in [0.15, 0.2) is 0 Å². The monoisotopic (exact) mass is 282 g/mol. The Kier molecular flexibility index (Phi) is 9.42. The molecular formula is C13H24F2O2S. The highest BCUT2D eigenvalue weighted by molar-refractivity contribution is 8.00. The summed E-state index contributed by atoms with van der Waals surface area (Å²) in [6, 6.07) is 0. The first-order valence-electron chi connectivity index (χ1n) is 6.59. The standard InChI is InChI=1S/C13H24F2O2S/c1-4-9-17-12(16)11(3)18-10-7-6-8-13(14,15)5-2/h11H,4-10H2,1-3H3. The minimum absolute atomic E-state index is 0.0568. The molecule has 0 amide bonds. The van der Waals surface area contributed by atoms with Gasteiger partial charge in [-0.1, -0.05) is 13.8 Å². The summed E-state index contributed by atoms with van der Waals surface area (Å²) >= 11 is 1.47. The van der Waals surface area contributed by atoms with E-state index in [2.05, 4.69) is 0 Å². The van der Waals surface area contributed by atoms with E-state index < -0.39 is 5.92 Å². The van der Waals surface area contributed by atoms with Crippen molar-refractivity contribution in [2.45, 2.75) is 64.0 Å². The number of carbonyl (C=O) groups excluding carboxylic acids is 1. The zero-order chi connectivity index (χ0) is 14.0. The van der Waals surface area contributed by atoms with Crippen molar-refractivity contribution < 1.29 is 18.3 Å². The van der Waals surface area contributed by atoms with Gasteiger partial charge in [0, 0.05) is 12.8 Å². The molecule has 0 radical (unpaired) electrons. The van der Waals surface area contributed by atoms with E-state index in [4.69, 9.17) is 4.74 Å². The van der Waals surface area contributed by atoms with Gasteiger partial charge in [-0.3, -0.25) is 4.79 Å². The van der Waals surface area contributed by atoms with Gasteiger partial charge in [0.2, 0.25) is 5.92 Å². The molecule has 0 rings (SSSR count). The lowest BCUT2D eigenvalue weighted by Crippen LogP contribution is -2.18. The van der Waals surface area contributed by atoms with Crippen LogP contribution in [0.4, 0.5) is 8.78 Å². The fourth-order valence-corrected chi connectivity index (χ4v) is 2.24. The molecule has 0 aromatic rings. The normalized spacial score (nSPS) is 13.4. The van der Waals surface area contributed by atoms with Gasteiger partial charge in [-0.05, 0) is 31.9 Å². The van der Waals surface area contributed by atoms with Gasteiger partial charge in [-0.2, -0.15) is 0 Å². The van der Waals surface area contributed by atoms with Gasteiger partial charge in [0.25, 0.3) is 0 Å². The summed E-state index contributed by atoms with van der Waals surface area (Å²) < 4.78 is 30.9. The molecule has 18 heavy (non-hydrogen) atoms. The van der Waals surface area contributed by atoms with Crippen molar-refractivity contribution in [3.63, 3.8) is 0 Å². The van der Waals surface area contributed by atoms with Crippen molar-refractivity contribution in [1.82, 2.24) is 0 Å². The number of hydrogen-bond acceptors (Lipinski definition) is 3. The average molecular weight is 282 g/mol. The Bertz CT molecular complexity index is 235. The molecule has 1 unspecified atom stereocenters. The third kappa shape index (κ3) is 8.72. The summed E-state index contributed by atoms with van der Waals surface area (Å²) in [7, 11) is 0. The Morgan fingerprint density at radius 2 is 2.00 bits per heavy atom. The fraction of sp³-hybridized carbons (Fsp3) is 0.923. The number of esters is 1. The smallest absolute Gasteiger partial charge is 0.318 e. The molecule has 0 saturated heterocycles. The van der Waals surface area contributed by atoms with E-state index in [1.807, 2.05) is 6.92 Å². The maximum atomic E-state index is 12.9. The Morgan fingerprint density at radius 1 is 1.33 bits per heavy atom. The summed E-state index contributed by atoms with van der Waals surface area (Å²) in [6.07, 6.45) is 1.88. The Balaban J connectivity index is 3.57. The third-order valence-corrected chi connectivity index (χ3v) is 3.82. The molecule has 0 aromatic carbocycles. The minimum Gasteiger partial charge on any atom is -0.465 e. The largest absolute Gasteiger partial charge is 0.465 e. The summed E-state index contributed by atoms with van der Waals surface area (Å²) in [5.74, 6) is -2.01. The van der Waals surface area contributed by atoms with E-state index in [-0.39, 0.29) is 24.1 Å². The quantitative estimate of drug-likeness (QED) is 0.442. The van der Waals surface area contributed by atoms with Gasteiger partial charge in [0.05, 0.1) is 11.9 Å². The SMILES string of the molecule is CCCOC(=O)C(C)SCCCCC(F)(F)CC. The number of carbonyl (C=O) groups is 1. The van der Waals surface area contributed by atoms with Crippen LogP contribution in [-0.4, -0.2) is 29.5 Å². The zero-order valence-electron chi connectivity index (χ0n) is 11.5. The molecule has 0 heterocycles. The van der Waals surface area contributed by atoms with E-state index >= 15 is 0 Å². The molecule has 0 N–H and O–H groups in total. The molecule has 0 aromatic heterocycles. The maximum absolute atomic E-state index is 12.9. The van der Waals surface area contributed by atoms with Crippen molar-refractivity contribution in [3.05, 3.63) is 0 Å². The molecule has 0 fully saturated rings. The van der Waals surface area contributed by atoms with E-state index in [0.29, 0.717) is 19.4 Å².